The molecule has 0 saturated carbocycles. The number of nitrogens with one attached hydrogen (secondary N) is 1. The fraction of sp³-hybridized carbons (Fsp3) is 0.500. The summed E-state index contributed by atoms with van der Waals surface area (Å²) >= 11 is 0. The van der Waals surface area contributed by atoms with E-state index in [1.54, 1.807) is 19.1 Å². The highest BCUT2D eigenvalue weighted by atomic mass is 16.5. The minimum Gasteiger partial charge on any atom is -0.496 e. The molecule has 0 bridgehead atoms. The Bertz CT molecular complexity index is 405. The Morgan fingerprint density at radius 1 is 1.44 bits per heavy atom. The number of rotatable bonds is 6. The van der Waals surface area contributed by atoms with E-state index in [4.69, 9.17) is 4.74 Å². The van der Waals surface area contributed by atoms with Crippen LogP contribution in [-0.4, -0.2) is 38.1 Å². The Balaban J connectivity index is 2.53. The van der Waals surface area contributed by atoms with E-state index in [9.17, 15) is 4.79 Å². The number of carbonyl (C=O) groups excluding carboxylic acids is 1. The number of hydrogen-bond acceptors (Lipinski definition) is 3. The summed E-state index contributed by atoms with van der Waals surface area (Å²) in [7, 11) is 3.46. The van der Waals surface area contributed by atoms with Gasteiger partial charge >= 0.3 is 0 Å². The summed E-state index contributed by atoms with van der Waals surface area (Å²) in [6.07, 6.45) is 0. The van der Waals surface area contributed by atoms with Crippen LogP contribution in [0.15, 0.2) is 18.2 Å². The van der Waals surface area contributed by atoms with E-state index in [2.05, 4.69) is 11.4 Å². The van der Waals surface area contributed by atoms with Crippen LogP contribution in [0.25, 0.3) is 0 Å². The fourth-order valence-corrected chi connectivity index (χ4v) is 1.66. The molecule has 18 heavy (non-hydrogen) atoms. The molecule has 1 N–H and O–H groups in total. The molecular weight excluding hydrogens is 228 g/mol. The number of likely N-dealkylation sites (N-methyl/N-ethyl adjacent to an activating group) is 1. The molecule has 0 atom stereocenters. The monoisotopic (exact) mass is 250 g/mol. The highest BCUT2D eigenvalue weighted by Crippen LogP contribution is 2.19. The zero-order valence-electron chi connectivity index (χ0n) is 11.6. The highest BCUT2D eigenvalue weighted by Gasteiger charge is 2.07. The van der Waals surface area contributed by atoms with Gasteiger partial charge in [-0.2, -0.15) is 0 Å². The van der Waals surface area contributed by atoms with Gasteiger partial charge in [-0.05, 0) is 19.9 Å². The molecule has 4 nitrogen and oxygen atoms in total. The van der Waals surface area contributed by atoms with E-state index >= 15 is 0 Å². The minimum absolute atomic E-state index is 0.101. The number of aryl methyl sites for hydroxylation is 1. The highest BCUT2D eigenvalue weighted by molar-refractivity contribution is 5.77. The van der Waals surface area contributed by atoms with Crippen molar-refractivity contribution in [3.63, 3.8) is 0 Å². The molecule has 0 aliphatic carbocycles. The van der Waals surface area contributed by atoms with E-state index < -0.39 is 0 Å². The van der Waals surface area contributed by atoms with E-state index in [1.807, 2.05) is 26.0 Å². The van der Waals surface area contributed by atoms with Gasteiger partial charge in [0, 0.05) is 25.7 Å². The van der Waals surface area contributed by atoms with Crippen molar-refractivity contribution in [1.29, 1.82) is 0 Å². The average Bonchev–Trinajstić information content (AvgIpc) is 2.38. The third-order valence-corrected chi connectivity index (χ3v) is 2.93. The average molecular weight is 250 g/mol. The second-order valence-corrected chi connectivity index (χ2v) is 4.33. The zero-order chi connectivity index (χ0) is 13.5. The van der Waals surface area contributed by atoms with Gasteiger partial charge in [0.25, 0.3) is 0 Å². The van der Waals surface area contributed by atoms with Crippen molar-refractivity contribution < 1.29 is 9.53 Å². The van der Waals surface area contributed by atoms with Crippen LogP contribution in [0.4, 0.5) is 0 Å². The molecule has 0 unspecified atom stereocenters. The summed E-state index contributed by atoms with van der Waals surface area (Å²) in [5, 5.41) is 3.15. The molecule has 0 heterocycles. The Kier molecular flexibility index (Phi) is 5.65. The van der Waals surface area contributed by atoms with E-state index in [-0.39, 0.29) is 5.91 Å². The van der Waals surface area contributed by atoms with Gasteiger partial charge in [-0.1, -0.05) is 17.7 Å². The van der Waals surface area contributed by atoms with Gasteiger partial charge in [-0.15, -0.1) is 0 Å². The van der Waals surface area contributed by atoms with Crippen molar-refractivity contribution in [3.05, 3.63) is 29.3 Å². The van der Waals surface area contributed by atoms with Crippen molar-refractivity contribution in [2.75, 3.05) is 27.2 Å². The predicted molar refractivity (Wildman–Crippen MR) is 72.7 cm³/mol. The van der Waals surface area contributed by atoms with Crippen LogP contribution in [0, 0.1) is 6.92 Å². The molecule has 4 heteroatoms. The number of benzene rings is 1. The lowest BCUT2D eigenvalue weighted by atomic mass is 10.1. The van der Waals surface area contributed by atoms with Gasteiger partial charge in [0.1, 0.15) is 5.75 Å². The number of carbonyl (C=O) groups is 1. The Morgan fingerprint density at radius 2 is 2.17 bits per heavy atom. The van der Waals surface area contributed by atoms with Crippen LogP contribution >= 0.6 is 0 Å². The van der Waals surface area contributed by atoms with Crippen LogP contribution in [0.1, 0.15) is 18.1 Å². The third kappa shape index (κ3) is 4.04. The second kappa shape index (κ2) is 7.01. The van der Waals surface area contributed by atoms with Crippen molar-refractivity contribution in [1.82, 2.24) is 10.2 Å². The first-order chi connectivity index (χ1) is 8.58. The molecule has 1 amide bonds. The van der Waals surface area contributed by atoms with Crippen molar-refractivity contribution in [2.24, 2.45) is 0 Å². The molecule has 1 rings (SSSR count). The quantitative estimate of drug-likeness (QED) is 0.833. The molecule has 0 radical (unpaired) electrons. The van der Waals surface area contributed by atoms with E-state index in [0.29, 0.717) is 13.1 Å². The van der Waals surface area contributed by atoms with Crippen LogP contribution in [0.2, 0.25) is 0 Å². The number of methoxy groups -OCH3 is 1. The predicted octanol–water partition coefficient (Wildman–Crippen LogP) is 1.57. The van der Waals surface area contributed by atoms with Gasteiger partial charge < -0.3 is 15.0 Å². The lowest BCUT2D eigenvalue weighted by Crippen LogP contribution is -2.35. The van der Waals surface area contributed by atoms with Crippen LogP contribution < -0.4 is 10.1 Å². The Hall–Kier alpha value is -1.55. The molecular formula is C14H22N2O2. The fourth-order valence-electron chi connectivity index (χ4n) is 1.66. The Labute approximate surface area is 109 Å². The molecule has 100 valence electrons. The second-order valence-electron chi connectivity index (χ2n) is 4.33. The molecule has 0 saturated heterocycles. The first-order valence-corrected chi connectivity index (χ1v) is 6.16. The first-order valence-electron chi connectivity index (χ1n) is 6.16. The largest absolute Gasteiger partial charge is 0.496 e. The van der Waals surface area contributed by atoms with Gasteiger partial charge in [-0.25, -0.2) is 0 Å². The van der Waals surface area contributed by atoms with Crippen LogP contribution in [0.5, 0.6) is 5.75 Å². The SMILES string of the molecule is CCN(C)C(=O)CNCc1cc(C)ccc1OC. The van der Waals surface area contributed by atoms with Crippen LogP contribution in [0.3, 0.4) is 0 Å². The normalized spacial score (nSPS) is 10.2. The standard InChI is InChI=1S/C14H22N2O2/c1-5-16(3)14(17)10-15-9-12-8-11(2)6-7-13(12)18-4/h6-8,15H,5,9-10H2,1-4H3. The number of amides is 1. The van der Waals surface area contributed by atoms with Gasteiger partial charge in [0.2, 0.25) is 5.91 Å². The number of hydrogen-bond donors (Lipinski definition) is 1. The molecule has 0 aliphatic heterocycles. The number of ether oxygens (including phenoxy) is 1. The molecule has 0 aliphatic rings. The summed E-state index contributed by atoms with van der Waals surface area (Å²) in [5.41, 5.74) is 2.26. The van der Waals surface area contributed by atoms with E-state index in [1.165, 1.54) is 5.56 Å². The Morgan fingerprint density at radius 3 is 2.78 bits per heavy atom. The molecule has 1 aromatic rings. The first kappa shape index (κ1) is 14.5. The molecule has 0 fully saturated rings. The maximum absolute atomic E-state index is 11.6. The minimum atomic E-state index is 0.101. The van der Waals surface area contributed by atoms with Gasteiger partial charge in [0.15, 0.2) is 0 Å². The summed E-state index contributed by atoms with van der Waals surface area (Å²) < 4.78 is 5.29. The molecule has 0 aromatic heterocycles. The maximum atomic E-state index is 11.6. The third-order valence-electron chi connectivity index (χ3n) is 2.93. The van der Waals surface area contributed by atoms with Crippen molar-refractivity contribution in [3.8, 4) is 5.75 Å². The van der Waals surface area contributed by atoms with Crippen molar-refractivity contribution in [2.45, 2.75) is 20.4 Å². The summed E-state index contributed by atoms with van der Waals surface area (Å²) in [6, 6.07) is 6.03. The van der Waals surface area contributed by atoms with Crippen molar-refractivity contribution >= 4 is 5.91 Å². The number of nitrogens with zero attached hydrogens (tertiary/aromatic N) is 1. The zero-order valence-corrected chi connectivity index (χ0v) is 11.6. The van der Waals surface area contributed by atoms with Crippen LogP contribution in [-0.2, 0) is 11.3 Å². The topological polar surface area (TPSA) is 41.6 Å². The van der Waals surface area contributed by atoms with Gasteiger partial charge in [-0.3, -0.25) is 4.79 Å². The lowest BCUT2D eigenvalue weighted by Gasteiger charge is -2.15. The smallest absolute Gasteiger partial charge is 0.236 e. The van der Waals surface area contributed by atoms with Gasteiger partial charge in [0.05, 0.1) is 13.7 Å². The summed E-state index contributed by atoms with van der Waals surface area (Å²) in [4.78, 5) is 13.3. The summed E-state index contributed by atoms with van der Waals surface area (Å²) in [5.74, 6) is 0.952. The molecule has 0 spiro atoms. The lowest BCUT2D eigenvalue weighted by molar-refractivity contribution is -0.128. The maximum Gasteiger partial charge on any atom is 0.236 e. The van der Waals surface area contributed by atoms with E-state index in [0.717, 1.165) is 17.9 Å². The molecule has 1 aromatic carbocycles. The summed E-state index contributed by atoms with van der Waals surface area (Å²) in [6.45, 7) is 5.71.